The Balaban J connectivity index is 0.00000200. The van der Waals surface area contributed by atoms with Crippen LogP contribution in [0, 0.1) is 11.6 Å². The van der Waals surface area contributed by atoms with Crippen molar-refractivity contribution in [3.8, 4) is 0 Å². The van der Waals surface area contributed by atoms with E-state index in [0.717, 1.165) is 19.4 Å². The molecule has 0 radical (unpaired) electrons. The molecule has 1 aliphatic rings. The molecule has 0 aromatic heterocycles. The Morgan fingerprint density at radius 3 is 2.65 bits per heavy atom. The molecule has 2 rings (SSSR count). The first-order valence-electron chi connectivity index (χ1n) is 6.54. The molecule has 2 unspecified atom stereocenters. The first kappa shape index (κ1) is 16.9. The lowest BCUT2D eigenvalue weighted by Crippen LogP contribution is -2.33. The fourth-order valence-corrected chi connectivity index (χ4v) is 2.45. The topological polar surface area (TPSA) is 41.1 Å². The molecule has 1 aliphatic heterocycles. The van der Waals surface area contributed by atoms with Crippen molar-refractivity contribution in [2.75, 3.05) is 6.54 Å². The van der Waals surface area contributed by atoms with Gasteiger partial charge in [0, 0.05) is 18.0 Å². The summed E-state index contributed by atoms with van der Waals surface area (Å²) >= 11 is 0. The van der Waals surface area contributed by atoms with Gasteiger partial charge in [0.2, 0.25) is 5.91 Å². The van der Waals surface area contributed by atoms with Crippen molar-refractivity contribution in [1.29, 1.82) is 0 Å². The minimum atomic E-state index is -0.671. The van der Waals surface area contributed by atoms with Crippen molar-refractivity contribution in [2.45, 2.75) is 38.3 Å². The summed E-state index contributed by atoms with van der Waals surface area (Å²) in [6, 6.07) is 3.21. The van der Waals surface area contributed by atoms with Gasteiger partial charge in [-0.05, 0) is 38.4 Å². The highest BCUT2D eigenvalue weighted by Crippen LogP contribution is 2.20. The predicted octanol–water partition coefficient (Wildman–Crippen LogP) is 2.71. The SMILES string of the molecule is CC(NC(=O)CC1CCCN1)c1c(F)cccc1F.Cl. The number of rotatable bonds is 4. The van der Waals surface area contributed by atoms with E-state index in [1.165, 1.54) is 18.2 Å². The maximum Gasteiger partial charge on any atom is 0.222 e. The summed E-state index contributed by atoms with van der Waals surface area (Å²) in [5, 5.41) is 5.86. The second kappa shape index (κ2) is 7.55. The summed E-state index contributed by atoms with van der Waals surface area (Å²) < 4.78 is 27.1. The summed E-state index contributed by atoms with van der Waals surface area (Å²) in [5.41, 5.74) is -0.0877. The van der Waals surface area contributed by atoms with Crippen LogP contribution in [-0.2, 0) is 4.79 Å². The second-order valence-electron chi connectivity index (χ2n) is 4.92. The summed E-state index contributed by atoms with van der Waals surface area (Å²) in [5.74, 6) is -1.45. The second-order valence-corrected chi connectivity index (χ2v) is 4.92. The molecule has 1 fully saturated rings. The third-order valence-electron chi connectivity index (χ3n) is 3.40. The number of halogens is 3. The third-order valence-corrected chi connectivity index (χ3v) is 3.40. The molecule has 6 heteroatoms. The van der Waals surface area contributed by atoms with Gasteiger partial charge < -0.3 is 10.6 Å². The lowest BCUT2D eigenvalue weighted by atomic mass is 10.1. The van der Waals surface area contributed by atoms with Gasteiger partial charge in [-0.3, -0.25) is 4.79 Å². The van der Waals surface area contributed by atoms with Crippen LogP contribution in [0.5, 0.6) is 0 Å². The van der Waals surface area contributed by atoms with E-state index in [1.807, 2.05) is 0 Å². The van der Waals surface area contributed by atoms with Crippen molar-refractivity contribution in [3.63, 3.8) is 0 Å². The first-order valence-corrected chi connectivity index (χ1v) is 6.54. The van der Waals surface area contributed by atoms with E-state index in [2.05, 4.69) is 10.6 Å². The molecule has 20 heavy (non-hydrogen) atoms. The summed E-state index contributed by atoms with van der Waals surface area (Å²) in [4.78, 5) is 11.8. The Kier molecular flexibility index (Phi) is 6.36. The number of hydrogen-bond acceptors (Lipinski definition) is 2. The van der Waals surface area contributed by atoms with Crippen molar-refractivity contribution in [2.24, 2.45) is 0 Å². The van der Waals surface area contributed by atoms with E-state index in [4.69, 9.17) is 0 Å². The zero-order valence-corrected chi connectivity index (χ0v) is 12.1. The van der Waals surface area contributed by atoms with Crippen molar-refractivity contribution < 1.29 is 13.6 Å². The van der Waals surface area contributed by atoms with Gasteiger partial charge >= 0.3 is 0 Å². The number of nitrogens with one attached hydrogen (secondary N) is 2. The van der Waals surface area contributed by atoms with E-state index in [9.17, 15) is 13.6 Å². The third kappa shape index (κ3) is 4.15. The molecule has 1 aromatic carbocycles. The monoisotopic (exact) mass is 304 g/mol. The molecule has 0 bridgehead atoms. The van der Waals surface area contributed by atoms with E-state index < -0.39 is 17.7 Å². The van der Waals surface area contributed by atoms with Gasteiger partial charge in [-0.15, -0.1) is 12.4 Å². The fraction of sp³-hybridized carbons (Fsp3) is 0.500. The van der Waals surface area contributed by atoms with Crippen LogP contribution in [0.4, 0.5) is 8.78 Å². The van der Waals surface area contributed by atoms with E-state index >= 15 is 0 Å². The van der Waals surface area contributed by atoms with Crippen LogP contribution in [0.15, 0.2) is 18.2 Å². The van der Waals surface area contributed by atoms with Gasteiger partial charge in [0.15, 0.2) is 0 Å². The Hall–Kier alpha value is -1.20. The molecule has 3 nitrogen and oxygen atoms in total. The molecule has 1 saturated heterocycles. The molecule has 0 aliphatic carbocycles. The Labute approximate surface area is 123 Å². The molecule has 0 spiro atoms. The van der Waals surface area contributed by atoms with Gasteiger partial charge in [0.25, 0.3) is 0 Å². The lowest BCUT2D eigenvalue weighted by Gasteiger charge is -2.17. The van der Waals surface area contributed by atoms with Crippen LogP contribution in [0.2, 0.25) is 0 Å². The Morgan fingerprint density at radius 1 is 1.45 bits per heavy atom. The van der Waals surface area contributed by atoms with E-state index in [-0.39, 0.29) is 29.9 Å². The highest BCUT2D eigenvalue weighted by atomic mass is 35.5. The largest absolute Gasteiger partial charge is 0.349 e. The fourth-order valence-electron chi connectivity index (χ4n) is 2.45. The maximum absolute atomic E-state index is 13.6. The minimum Gasteiger partial charge on any atom is -0.349 e. The average Bonchev–Trinajstić information content (AvgIpc) is 2.81. The molecule has 2 atom stereocenters. The van der Waals surface area contributed by atoms with Crippen LogP contribution >= 0.6 is 12.4 Å². The number of amides is 1. The molecular formula is C14H19ClF2N2O. The molecule has 0 saturated carbocycles. The normalized spacial score (nSPS) is 19.2. The van der Waals surface area contributed by atoms with Gasteiger partial charge in [-0.2, -0.15) is 0 Å². The van der Waals surface area contributed by atoms with Gasteiger partial charge in [0.1, 0.15) is 11.6 Å². The Bertz CT molecular complexity index is 444. The molecule has 1 amide bonds. The Morgan fingerprint density at radius 2 is 2.10 bits per heavy atom. The van der Waals surface area contributed by atoms with Crippen LogP contribution in [0.1, 0.15) is 37.8 Å². The molecule has 1 heterocycles. The number of hydrogen-bond donors (Lipinski definition) is 2. The van der Waals surface area contributed by atoms with Gasteiger partial charge in [-0.25, -0.2) is 8.78 Å². The van der Waals surface area contributed by atoms with Gasteiger partial charge in [0.05, 0.1) is 6.04 Å². The average molecular weight is 305 g/mol. The minimum absolute atomic E-state index is 0. The molecule has 2 N–H and O–H groups in total. The van der Waals surface area contributed by atoms with Crippen molar-refractivity contribution >= 4 is 18.3 Å². The number of carbonyl (C=O) groups is 1. The van der Waals surface area contributed by atoms with Crippen LogP contribution in [0.25, 0.3) is 0 Å². The number of carbonyl (C=O) groups excluding carboxylic acids is 1. The maximum atomic E-state index is 13.6. The van der Waals surface area contributed by atoms with Gasteiger partial charge in [-0.1, -0.05) is 6.07 Å². The molecule has 112 valence electrons. The molecular weight excluding hydrogens is 286 g/mol. The standard InChI is InChI=1S/C14H18F2N2O.ClH/c1-9(14-11(15)5-2-6-12(14)16)18-13(19)8-10-4-3-7-17-10;/h2,5-6,9-10,17H,3-4,7-8H2,1H3,(H,18,19);1H. The van der Waals surface area contributed by atoms with E-state index in [0.29, 0.717) is 6.42 Å². The smallest absolute Gasteiger partial charge is 0.222 e. The lowest BCUT2D eigenvalue weighted by molar-refractivity contribution is -0.122. The molecule has 1 aromatic rings. The summed E-state index contributed by atoms with van der Waals surface area (Å²) in [6.45, 7) is 2.51. The van der Waals surface area contributed by atoms with E-state index in [1.54, 1.807) is 6.92 Å². The number of benzene rings is 1. The highest BCUT2D eigenvalue weighted by Gasteiger charge is 2.21. The zero-order valence-electron chi connectivity index (χ0n) is 11.3. The van der Waals surface area contributed by atoms with Crippen molar-refractivity contribution in [1.82, 2.24) is 10.6 Å². The first-order chi connectivity index (χ1) is 9.08. The summed E-state index contributed by atoms with van der Waals surface area (Å²) in [6.07, 6.45) is 2.38. The predicted molar refractivity (Wildman–Crippen MR) is 75.8 cm³/mol. The van der Waals surface area contributed by atoms with Crippen LogP contribution < -0.4 is 10.6 Å². The van der Waals surface area contributed by atoms with Crippen LogP contribution in [-0.4, -0.2) is 18.5 Å². The van der Waals surface area contributed by atoms with Crippen LogP contribution in [0.3, 0.4) is 0 Å². The highest BCUT2D eigenvalue weighted by molar-refractivity contribution is 5.85. The zero-order chi connectivity index (χ0) is 13.8. The van der Waals surface area contributed by atoms with Crippen molar-refractivity contribution in [3.05, 3.63) is 35.4 Å². The quantitative estimate of drug-likeness (QED) is 0.898. The summed E-state index contributed by atoms with van der Waals surface area (Å²) in [7, 11) is 0.